The molecule has 2 atom stereocenters. The first-order valence-corrected chi connectivity index (χ1v) is 9.16. The van der Waals surface area contributed by atoms with Gasteiger partial charge in [-0.3, -0.25) is 0 Å². The van der Waals surface area contributed by atoms with Crippen LogP contribution in [0.25, 0.3) is 0 Å². The van der Waals surface area contributed by atoms with Crippen LogP contribution < -0.4 is 10.5 Å². The van der Waals surface area contributed by atoms with Crippen molar-refractivity contribution in [2.24, 2.45) is 11.1 Å². The Labute approximate surface area is 160 Å². The first-order valence-electron chi connectivity index (χ1n) is 9.16. The molecule has 0 unspecified atom stereocenters. The molecular formula is C22H27NO4. The van der Waals surface area contributed by atoms with Gasteiger partial charge in [0.05, 0.1) is 6.61 Å². The predicted octanol–water partition coefficient (Wildman–Crippen LogP) is 4.09. The minimum atomic E-state index is -0.800. The average Bonchev–Trinajstić information content (AvgIpc) is 3.45. The van der Waals surface area contributed by atoms with Crippen molar-refractivity contribution in [1.29, 1.82) is 0 Å². The van der Waals surface area contributed by atoms with Crippen molar-refractivity contribution in [2.45, 2.75) is 45.5 Å². The Bertz CT molecular complexity index is 763. The Morgan fingerprint density at radius 2 is 1.70 bits per heavy atom. The number of amides is 1. The molecular weight excluding hydrogens is 342 g/mol. The highest BCUT2D eigenvalue weighted by Gasteiger charge is 2.57. The predicted molar refractivity (Wildman–Crippen MR) is 104 cm³/mol. The Morgan fingerprint density at radius 1 is 1.07 bits per heavy atom. The molecule has 0 aromatic heterocycles. The maximum atomic E-state index is 11.6. The molecule has 0 aliphatic carbocycles. The third-order valence-electron chi connectivity index (χ3n) is 5.04. The molecule has 0 spiro atoms. The third kappa shape index (κ3) is 4.61. The Hall–Kier alpha value is -2.53. The van der Waals surface area contributed by atoms with E-state index in [4.69, 9.17) is 19.9 Å². The molecule has 1 aliphatic heterocycles. The monoisotopic (exact) mass is 369 g/mol. The summed E-state index contributed by atoms with van der Waals surface area (Å²) in [6, 6.07) is 17.9. The number of hydrogen-bond acceptors (Lipinski definition) is 4. The van der Waals surface area contributed by atoms with Crippen molar-refractivity contribution in [3.05, 3.63) is 65.7 Å². The number of epoxide rings is 1. The SMILES string of the molecule is CC(C)(C)[C@](Cc1ccc(OCc2ccccc2)cc1)(OC(N)=O)[C@H]1CO1. The van der Waals surface area contributed by atoms with E-state index in [1.54, 1.807) is 0 Å². The summed E-state index contributed by atoms with van der Waals surface area (Å²) in [7, 11) is 0. The number of rotatable bonds is 7. The van der Waals surface area contributed by atoms with Gasteiger partial charge in [-0.15, -0.1) is 0 Å². The van der Waals surface area contributed by atoms with Gasteiger partial charge in [0.1, 0.15) is 18.5 Å². The quantitative estimate of drug-likeness (QED) is 0.746. The molecule has 2 aromatic rings. The molecule has 5 nitrogen and oxygen atoms in total. The zero-order chi connectivity index (χ0) is 19.5. The Morgan fingerprint density at radius 3 is 2.22 bits per heavy atom. The van der Waals surface area contributed by atoms with Crippen molar-refractivity contribution in [3.8, 4) is 5.75 Å². The van der Waals surface area contributed by atoms with E-state index < -0.39 is 11.7 Å². The van der Waals surface area contributed by atoms with Crippen molar-refractivity contribution < 1.29 is 19.0 Å². The fourth-order valence-electron chi connectivity index (χ4n) is 3.36. The molecule has 3 rings (SSSR count). The first kappa shape index (κ1) is 19.2. The number of nitrogens with two attached hydrogens (primary N) is 1. The van der Waals surface area contributed by atoms with Crippen molar-refractivity contribution >= 4 is 6.09 Å². The maximum Gasteiger partial charge on any atom is 0.405 e. The minimum Gasteiger partial charge on any atom is -0.489 e. The van der Waals surface area contributed by atoms with E-state index in [1.165, 1.54) is 0 Å². The van der Waals surface area contributed by atoms with Crippen LogP contribution in [0.1, 0.15) is 31.9 Å². The molecule has 1 heterocycles. The second-order valence-electron chi connectivity index (χ2n) is 7.98. The Kier molecular flexibility index (Phi) is 5.42. The number of benzene rings is 2. The van der Waals surface area contributed by atoms with Crippen LogP contribution in [0.2, 0.25) is 0 Å². The van der Waals surface area contributed by atoms with E-state index in [2.05, 4.69) is 0 Å². The molecule has 2 N–H and O–H groups in total. The summed E-state index contributed by atoms with van der Waals surface area (Å²) in [6.45, 7) is 7.20. The molecule has 1 aliphatic rings. The first-order chi connectivity index (χ1) is 12.8. The van der Waals surface area contributed by atoms with E-state index in [-0.39, 0.29) is 11.5 Å². The van der Waals surface area contributed by atoms with Crippen molar-refractivity contribution in [3.63, 3.8) is 0 Å². The zero-order valence-electron chi connectivity index (χ0n) is 16.1. The van der Waals surface area contributed by atoms with Crippen molar-refractivity contribution in [1.82, 2.24) is 0 Å². The van der Waals surface area contributed by atoms with Gasteiger partial charge in [-0.25, -0.2) is 4.79 Å². The number of carbonyl (C=O) groups excluding carboxylic acids is 1. The van der Waals surface area contributed by atoms with Crippen molar-refractivity contribution in [2.75, 3.05) is 6.61 Å². The number of ether oxygens (including phenoxy) is 3. The van der Waals surface area contributed by atoms with Gasteiger partial charge in [-0.1, -0.05) is 63.2 Å². The summed E-state index contributed by atoms with van der Waals surface area (Å²) in [5, 5.41) is 0. The Balaban J connectivity index is 1.72. The summed E-state index contributed by atoms with van der Waals surface area (Å²) in [5.74, 6) is 0.794. The van der Waals surface area contributed by atoms with Gasteiger partial charge in [0.25, 0.3) is 0 Å². The van der Waals surface area contributed by atoms with Gasteiger partial charge in [0.2, 0.25) is 0 Å². The lowest BCUT2D eigenvalue weighted by Gasteiger charge is -2.42. The van der Waals surface area contributed by atoms with Crippen LogP contribution in [0.5, 0.6) is 5.75 Å². The van der Waals surface area contributed by atoms with E-state index in [9.17, 15) is 4.79 Å². The van der Waals surface area contributed by atoms with Gasteiger partial charge >= 0.3 is 6.09 Å². The third-order valence-corrected chi connectivity index (χ3v) is 5.04. The summed E-state index contributed by atoms with van der Waals surface area (Å²) >= 11 is 0. The lowest BCUT2D eigenvalue weighted by molar-refractivity contribution is -0.0825. The molecule has 2 aromatic carbocycles. The molecule has 0 bridgehead atoms. The largest absolute Gasteiger partial charge is 0.489 e. The smallest absolute Gasteiger partial charge is 0.405 e. The van der Waals surface area contributed by atoms with Gasteiger partial charge in [0, 0.05) is 11.8 Å². The van der Waals surface area contributed by atoms with Crippen LogP contribution in [-0.4, -0.2) is 24.4 Å². The van der Waals surface area contributed by atoms with Gasteiger partial charge in [-0.2, -0.15) is 0 Å². The van der Waals surface area contributed by atoms with E-state index in [1.807, 2.05) is 75.4 Å². The average molecular weight is 369 g/mol. The fraction of sp³-hybridized carbons (Fsp3) is 0.409. The summed E-state index contributed by atoms with van der Waals surface area (Å²) in [5.41, 5.74) is 6.40. The highest BCUT2D eigenvalue weighted by Crippen LogP contribution is 2.45. The van der Waals surface area contributed by atoms with Crippen LogP contribution >= 0.6 is 0 Å². The van der Waals surface area contributed by atoms with Gasteiger partial charge in [0.15, 0.2) is 5.60 Å². The van der Waals surface area contributed by atoms with Crippen LogP contribution in [0, 0.1) is 5.41 Å². The summed E-state index contributed by atoms with van der Waals surface area (Å²) in [6.07, 6.45) is -0.384. The van der Waals surface area contributed by atoms with E-state index >= 15 is 0 Å². The molecule has 1 fully saturated rings. The van der Waals surface area contributed by atoms with E-state index in [0.717, 1.165) is 16.9 Å². The summed E-state index contributed by atoms with van der Waals surface area (Å²) in [4.78, 5) is 11.6. The molecule has 144 valence electrons. The van der Waals surface area contributed by atoms with E-state index in [0.29, 0.717) is 19.6 Å². The normalized spacial score (nSPS) is 18.4. The standard InChI is InChI=1S/C22H27NO4/c1-21(2,3)22(19-15-26-19,27-20(23)24)13-16-9-11-18(12-10-16)25-14-17-7-5-4-6-8-17/h4-12,19H,13-15H2,1-3H3,(H2,23,24)/t19-,22-/m1/s1. The molecule has 27 heavy (non-hydrogen) atoms. The number of hydrogen-bond donors (Lipinski definition) is 1. The van der Waals surface area contributed by atoms with Crippen LogP contribution in [0.3, 0.4) is 0 Å². The second kappa shape index (κ2) is 7.61. The molecule has 5 heteroatoms. The summed E-state index contributed by atoms with van der Waals surface area (Å²) < 4.78 is 17.0. The highest BCUT2D eigenvalue weighted by atomic mass is 16.6. The lowest BCUT2D eigenvalue weighted by Crippen LogP contribution is -2.54. The molecule has 1 saturated heterocycles. The zero-order valence-corrected chi connectivity index (χ0v) is 16.1. The fourth-order valence-corrected chi connectivity index (χ4v) is 3.36. The van der Waals surface area contributed by atoms with Crippen LogP contribution in [0.15, 0.2) is 54.6 Å². The second-order valence-corrected chi connectivity index (χ2v) is 7.98. The molecule has 0 saturated carbocycles. The topological polar surface area (TPSA) is 74.1 Å². The van der Waals surface area contributed by atoms with Gasteiger partial charge < -0.3 is 19.9 Å². The van der Waals surface area contributed by atoms with Crippen LogP contribution in [-0.2, 0) is 22.5 Å². The van der Waals surface area contributed by atoms with Gasteiger partial charge in [-0.05, 0) is 23.3 Å². The van der Waals surface area contributed by atoms with Crippen LogP contribution in [0.4, 0.5) is 4.79 Å². The maximum absolute atomic E-state index is 11.6. The number of carbonyl (C=O) groups is 1. The highest BCUT2D eigenvalue weighted by molar-refractivity contribution is 5.65. The lowest BCUT2D eigenvalue weighted by atomic mass is 9.70. The molecule has 1 amide bonds. The number of primary amides is 1. The molecule has 0 radical (unpaired) electrons. The minimum absolute atomic E-state index is 0.140.